The summed E-state index contributed by atoms with van der Waals surface area (Å²) in [4.78, 5) is 23.7. The van der Waals surface area contributed by atoms with Crippen LogP contribution in [0.5, 0.6) is 0 Å². The van der Waals surface area contributed by atoms with Crippen molar-refractivity contribution in [2.75, 3.05) is 13.1 Å². The molecule has 1 saturated heterocycles. The van der Waals surface area contributed by atoms with Crippen molar-refractivity contribution in [2.24, 2.45) is 0 Å². The summed E-state index contributed by atoms with van der Waals surface area (Å²) in [6.07, 6.45) is 1.62. The lowest BCUT2D eigenvalue weighted by molar-refractivity contribution is -0.384. The summed E-state index contributed by atoms with van der Waals surface area (Å²) in [5, 5.41) is 18.1. The summed E-state index contributed by atoms with van der Waals surface area (Å²) < 4.78 is 0. The van der Waals surface area contributed by atoms with Gasteiger partial charge in [0, 0.05) is 30.7 Å². The molecule has 1 aliphatic rings. The second-order valence-electron chi connectivity index (χ2n) is 4.20. The van der Waals surface area contributed by atoms with Crippen LogP contribution in [0.25, 0.3) is 0 Å². The Morgan fingerprint density at radius 3 is 2.47 bits per heavy atom. The number of likely N-dealkylation sites (tertiary alicyclic amines) is 1. The van der Waals surface area contributed by atoms with E-state index in [-0.39, 0.29) is 35.0 Å². The number of non-ortho nitro benzene ring substituents is 1. The number of hydrogen-bond acceptors (Lipinski definition) is 4. The molecule has 0 radical (unpaired) electrons. The molecule has 1 aliphatic heterocycles. The highest BCUT2D eigenvalue weighted by Crippen LogP contribution is 2.14. The maximum atomic E-state index is 11.9. The van der Waals surface area contributed by atoms with Gasteiger partial charge in [-0.1, -0.05) is 0 Å². The fraction of sp³-hybridized carbons (Fsp3) is 0.333. The van der Waals surface area contributed by atoms with Crippen LogP contribution in [0.4, 0.5) is 5.69 Å². The van der Waals surface area contributed by atoms with Crippen LogP contribution in [0.3, 0.4) is 0 Å². The number of nitrogens with one attached hydrogen (secondary N) is 1. The van der Waals surface area contributed by atoms with E-state index in [1.54, 1.807) is 4.90 Å². The van der Waals surface area contributed by atoms with Gasteiger partial charge in [-0.05, 0) is 18.6 Å². The first-order chi connectivity index (χ1) is 8.58. The SMILES string of the molecule is N=C1CCCN1CC(=O)c1ccc([N+](=O)[O-])cc1.[Br-]. The Morgan fingerprint density at radius 1 is 1.37 bits per heavy atom. The van der Waals surface area contributed by atoms with Crippen LogP contribution in [0.15, 0.2) is 24.3 Å². The maximum absolute atomic E-state index is 11.9. The van der Waals surface area contributed by atoms with Gasteiger partial charge in [0.1, 0.15) is 0 Å². The van der Waals surface area contributed by atoms with E-state index in [0.29, 0.717) is 17.8 Å². The van der Waals surface area contributed by atoms with Crippen LogP contribution in [0.1, 0.15) is 23.2 Å². The highest BCUT2D eigenvalue weighted by atomic mass is 79.9. The van der Waals surface area contributed by atoms with E-state index in [2.05, 4.69) is 0 Å². The zero-order chi connectivity index (χ0) is 13.1. The van der Waals surface area contributed by atoms with Crippen molar-refractivity contribution in [1.29, 1.82) is 5.41 Å². The molecule has 1 aromatic rings. The maximum Gasteiger partial charge on any atom is 0.269 e. The van der Waals surface area contributed by atoms with Gasteiger partial charge in [0.05, 0.1) is 17.3 Å². The number of nitro groups is 1. The number of ketones is 1. The molecule has 0 bridgehead atoms. The predicted molar refractivity (Wildman–Crippen MR) is 66.0 cm³/mol. The molecule has 0 aliphatic carbocycles. The molecule has 1 fully saturated rings. The van der Waals surface area contributed by atoms with Gasteiger partial charge in [-0.15, -0.1) is 0 Å². The number of benzene rings is 1. The fourth-order valence-electron chi connectivity index (χ4n) is 1.94. The summed E-state index contributed by atoms with van der Waals surface area (Å²) in [5.74, 6) is 0.377. The Bertz CT molecular complexity index is 501. The first-order valence-electron chi connectivity index (χ1n) is 5.68. The lowest BCUT2D eigenvalue weighted by Crippen LogP contribution is -3.00. The lowest BCUT2D eigenvalue weighted by atomic mass is 10.1. The van der Waals surface area contributed by atoms with E-state index in [0.717, 1.165) is 13.0 Å². The van der Waals surface area contributed by atoms with Gasteiger partial charge < -0.3 is 21.9 Å². The first-order valence-corrected chi connectivity index (χ1v) is 5.68. The van der Waals surface area contributed by atoms with Crippen LogP contribution in [0, 0.1) is 15.5 Å². The van der Waals surface area contributed by atoms with E-state index in [1.165, 1.54) is 24.3 Å². The highest BCUT2D eigenvalue weighted by molar-refractivity contribution is 6.00. The second-order valence-corrected chi connectivity index (χ2v) is 4.20. The molecule has 0 amide bonds. The molecule has 1 aromatic carbocycles. The standard InChI is InChI=1S/C12H13N3O3.BrH/c13-12-2-1-7-14(12)8-11(16)9-3-5-10(6-4-9)15(17)18;/h3-6,13H,1-2,7-8H2;1H/p-1. The number of amidine groups is 1. The molecule has 0 aromatic heterocycles. The minimum absolute atomic E-state index is 0. The molecule has 0 unspecified atom stereocenters. The van der Waals surface area contributed by atoms with Gasteiger partial charge in [-0.25, -0.2) is 0 Å². The van der Waals surface area contributed by atoms with Crippen LogP contribution < -0.4 is 17.0 Å². The molecule has 0 saturated carbocycles. The molecule has 19 heavy (non-hydrogen) atoms. The Labute approximate surface area is 120 Å². The number of nitrogens with zero attached hydrogens (tertiary/aromatic N) is 2. The Kier molecular flexibility index (Phi) is 5.17. The zero-order valence-electron chi connectivity index (χ0n) is 10.1. The van der Waals surface area contributed by atoms with Crippen molar-refractivity contribution in [2.45, 2.75) is 12.8 Å². The summed E-state index contributed by atoms with van der Waals surface area (Å²) in [6, 6.07) is 5.56. The van der Waals surface area contributed by atoms with E-state index < -0.39 is 4.92 Å². The van der Waals surface area contributed by atoms with Gasteiger partial charge in [-0.2, -0.15) is 0 Å². The van der Waals surface area contributed by atoms with Crippen LogP contribution >= 0.6 is 0 Å². The van der Waals surface area contributed by atoms with E-state index in [1.807, 2.05) is 0 Å². The molecule has 0 spiro atoms. The van der Waals surface area contributed by atoms with Gasteiger partial charge in [0.25, 0.3) is 5.69 Å². The smallest absolute Gasteiger partial charge is 0.269 e. The number of carbonyl (C=O) groups is 1. The zero-order valence-corrected chi connectivity index (χ0v) is 11.7. The number of rotatable bonds is 4. The van der Waals surface area contributed by atoms with Gasteiger partial charge in [0.15, 0.2) is 5.78 Å². The molecular formula is C12H13BrN3O3-. The normalized spacial score (nSPS) is 14.1. The molecule has 2 rings (SSSR count). The fourth-order valence-corrected chi connectivity index (χ4v) is 1.94. The third-order valence-electron chi connectivity index (χ3n) is 2.96. The van der Waals surface area contributed by atoms with Crippen molar-refractivity contribution in [3.8, 4) is 0 Å². The third-order valence-corrected chi connectivity index (χ3v) is 2.96. The monoisotopic (exact) mass is 326 g/mol. The molecule has 102 valence electrons. The number of nitro benzene ring substituents is 1. The number of hydrogen-bond donors (Lipinski definition) is 1. The van der Waals surface area contributed by atoms with Gasteiger partial charge in [-0.3, -0.25) is 20.3 Å². The van der Waals surface area contributed by atoms with Crippen LogP contribution in [0.2, 0.25) is 0 Å². The molecule has 1 heterocycles. The Hall–Kier alpha value is -1.76. The highest BCUT2D eigenvalue weighted by Gasteiger charge is 2.20. The number of halogens is 1. The van der Waals surface area contributed by atoms with E-state index >= 15 is 0 Å². The van der Waals surface area contributed by atoms with Gasteiger partial charge >= 0.3 is 0 Å². The van der Waals surface area contributed by atoms with Crippen LogP contribution in [-0.2, 0) is 0 Å². The minimum Gasteiger partial charge on any atom is -1.00 e. The lowest BCUT2D eigenvalue weighted by Gasteiger charge is -2.16. The minimum atomic E-state index is -0.496. The van der Waals surface area contributed by atoms with E-state index in [9.17, 15) is 14.9 Å². The average molecular weight is 327 g/mol. The topological polar surface area (TPSA) is 87.3 Å². The first kappa shape index (κ1) is 15.3. The largest absolute Gasteiger partial charge is 1.00 e. The molecule has 1 N–H and O–H groups in total. The van der Waals surface area contributed by atoms with Crippen molar-refractivity contribution >= 4 is 17.3 Å². The predicted octanol–water partition coefficient (Wildman–Crippen LogP) is -1.15. The number of carbonyl (C=O) groups excluding carboxylic acids is 1. The third kappa shape index (κ3) is 3.60. The quantitative estimate of drug-likeness (QED) is 0.430. The molecule has 6 nitrogen and oxygen atoms in total. The number of Topliss-reactive ketones (excluding diaryl/α,β-unsaturated/α-hetero) is 1. The van der Waals surface area contributed by atoms with Crippen molar-refractivity contribution < 1.29 is 26.7 Å². The second kappa shape index (κ2) is 6.42. The van der Waals surface area contributed by atoms with Crippen molar-refractivity contribution in [1.82, 2.24) is 4.90 Å². The summed E-state index contributed by atoms with van der Waals surface area (Å²) in [5.41, 5.74) is 0.417. The Morgan fingerprint density at radius 2 is 2.00 bits per heavy atom. The molecule has 0 atom stereocenters. The van der Waals surface area contributed by atoms with E-state index in [4.69, 9.17) is 5.41 Å². The average Bonchev–Trinajstić information content (AvgIpc) is 2.75. The molecular weight excluding hydrogens is 314 g/mol. The summed E-state index contributed by atoms with van der Waals surface area (Å²) in [7, 11) is 0. The van der Waals surface area contributed by atoms with Crippen LogP contribution in [-0.4, -0.2) is 34.5 Å². The summed E-state index contributed by atoms with van der Waals surface area (Å²) >= 11 is 0. The van der Waals surface area contributed by atoms with Crippen molar-refractivity contribution in [3.63, 3.8) is 0 Å². The summed E-state index contributed by atoms with van der Waals surface area (Å²) in [6.45, 7) is 0.911. The van der Waals surface area contributed by atoms with Gasteiger partial charge in [0.2, 0.25) is 0 Å². The Balaban J connectivity index is 0.00000180. The van der Waals surface area contributed by atoms with Crippen molar-refractivity contribution in [3.05, 3.63) is 39.9 Å². The molecule has 7 heteroatoms.